The second kappa shape index (κ2) is 15.4. The normalized spacial score (nSPS) is 11.9. The van der Waals surface area contributed by atoms with E-state index in [0.29, 0.717) is 33.6 Å². The minimum Gasteiger partial charge on any atom is -0.354 e. The summed E-state index contributed by atoms with van der Waals surface area (Å²) in [6, 6.07) is 27.3. The monoisotopic (exact) mass is 671 g/mol. The van der Waals surface area contributed by atoms with E-state index in [0.717, 1.165) is 9.87 Å². The van der Waals surface area contributed by atoms with Gasteiger partial charge in [-0.3, -0.25) is 13.9 Å². The molecule has 0 saturated carbocycles. The predicted octanol–water partition coefficient (Wildman–Crippen LogP) is 7.01. The van der Waals surface area contributed by atoms with Crippen molar-refractivity contribution in [1.82, 2.24) is 10.2 Å². The number of benzene rings is 4. The van der Waals surface area contributed by atoms with Crippen LogP contribution in [0, 0.1) is 0 Å². The fourth-order valence-electron chi connectivity index (χ4n) is 4.62. The highest BCUT2D eigenvalue weighted by Crippen LogP contribution is 2.28. The Morgan fingerprint density at radius 1 is 0.818 bits per heavy atom. The molecule has 11 heteroatoms. The Bertz CT molecular complexity index is 1690. The van der Waals surface area contributed by atoms with Gasteiger partial charge in [-0.2, -0.15) is 0 Å². The average molecular weight is 673 g/mol. The molecule has 0 aliphatic heterocycles. The largest absolute Gasteiger partial charge is 0.354 e. The molecular formula is C33H32Cl3N3O4S. The minimum absolute atomic E-state index is 0.0278. The van der Waals surface area contributed by atoms with E-state index in [9.17, 15) is 18.0 Å². The highest BCUT2D eigenvalue weighted by molar-refractivity contribution is 7.92. The van der Waals surface area contributed by atoms with Crippen molar-refractivity contribution < 1.29 is 18.0 Å². The number of rotatable bonds is 13. The van der Waals surface area contributed by atoms with Gasteiger partial charge >= 0.3 is 0 Å². The molecule has 0 aliphatic carbocycles. The van der Waals surface area contributed by atoms with Crippen molar-refractivity contribution in [1.29, 1.82) is 0 Å². The van der Waals surface area contributed by atoms with Crippen molar-refractivity contribution in [2.75, 3.05) is 17.4 Å². The van der Waals surface area contributed by atoms with Crippen LogP contribution in [0.5, 0.6) is 0 Å². The molecule has 0 fully saturated rings. The fraction of sp³-hybridized carbons (Fsp3) is 0.212. The topological polar surface area (TPSA) is 86.8 Å². The SMILES string of the molecule is CCCNC(=O)[C@@H](Cc1ccccc1)N(Cc1ccccc1Cl)C(=O)CN(c1cccc(Cl)c1)S(=O)(=O)c1ccc(Cl)cc1. The summed E-state index contributed by atoms with van der Waals surface area (Å²) in [6.45, 7) is 1.71. The summed E-state index contributed by atoms with van der Waals surface area (Å²) in [6.07, 6.45) is 0.901. The summed E-state index contributed by atoms with van der Waals surface area (Å²) >= 11 is 18.8. The van der Waals surface area contributed by atoms with Crippen molar-refractivity contribution in [2.24, 2.45) is 0 Å². The van der Waals surface area contributed by atoms with Gasteiger partial charge in [0.1, 0.15) is 12.6 Å². The van der Waals surface area contributed by atoms with Crippen molar-refractivity contribution in [3.63, 3.8) is 0 Å². The van der Waals surface area contributed by atoms with E-state index >= 15 is 0 Å². The van der Waals surface area contributed by atoms with Crippen LogP contribution < -0.4 is 9.62 Å². The molecule has 0 radical (unpaired) electrons. The van der Waals surface area contributed by atoms with Gasteiger partial charge in [-0.05, 0) is 66.1 Å². The molecule has 0 heterocycles. The molecule has 2 amide bonds. The third kappa shape index (κ3) is 8.54. The quantitative estimate of drug-likeness (QED) is 0.166. The highest BCUT2D eigenvalue weighted by atomic mass is 35.5. The number of hydrogen-bond acceptors (Lipinski definition) is 4. The lowest BCUT2D eigenvalue weighted by Crippen LogP contribution is -2.53. The molecule has 230 valence electrons. The van der Waals surface area contributed by atoms with Gasteiger partial charge in [0.25, 0.3) is 10.0 Å². The summed E-state index contributed by atoms with van der Waals surface area (Å²) in [5.74, 6) is -0.957. The van der Waals surface area contributed by atoms with Crippen LogP contribution in [0.4, 0.5) is 5.69 Å². The lowest BCUT2D eigenvalue weighted by molar-refractivity contribution is -0.140. The van der Waals surface area contributed by atoms with Crippen LogP contribution in [0.25, 0.3) is 0 Å². The van der Waals surface area contributed by atoms with E-state index in [4.69, 9.17) is 34.8 Å². The smallest absolute Gasteiger partial charge is 0.264 e. The van der Waals surface area contributed by atoms with E-state index < -0.39 is 28.5 Å². The zero-order valence-corrected chi connectivity index (χ0v) is 27.1. The maximum atomic E-state index is 14.4. The lowest BCUT2D eigenvalue weighted by Gasteiger charge is -2.34. The average Bonchev–Trinajstić information content (AvgIpc) is 3.01. The molecule has 4 aromatic carbocycles. The Morgan fingerprint density at radius 3 is 2.16 bits per heavy atom. The molecule has 1 atom stereocenters. The van der Waals surface area contributed by atoms with Crippen molar-refractivity contribution in [3.8, 4) is 0 Å². The van der Waals surface area contributed by atoms with E-state index in [1.165, 1.54) is 35.2 Å². The summed E-state index contributed by atoms with van der Waals surface area (Å²) in [5, 5.41) is 3.98. The standard InChI is InChI=1S/C33H32Cl3N3O4S/c1-2-19-37-33(41)31(20-24-9-4-3-5-10-24)38(22-25-11-6-7-14-30(25)36)32(40)23-39(28-13-8-12-27(35)21-28)44(42,43)29-17-15-26(34)16-18-29/h3-18,21,31H,2,19-20,22-23H2,1H3,(H,37,41)/t31-/m1/s1. The number of carbonyl (C=O) groups is 2. The molecule has 4 aromatic rings. The first-order valence-electron chi connectivity index (χ1n) is 14.0. The van der Waals surface area contributed by atoms with E-state index in [-0.39, 0.29) is 29.5 Å². The third-order valence-electron chi connectivity index (χ3n) is 6.90. The molecule has 44 heavy (non-hydrogen) atoms. The van der Waals surface area contributed by atoms with Crippen molar-refractivity contribution >= 4 is 62.3 Å². The van der Waals surface area contributed by atoms with Gasteiger partial charge in [0.2, 0.25) is 11.8 Å². The summed E-state index contributed by atoms with van der Waals surface area (Å²) in [7, 11) is -4.27. The van der Waals surface area contributed by atoms with Gasteiger partial charge in [-0.25, -0.2) is 8.42 Å². The van der Waals surface area contributed by atoms with Crippen LogP contribution in [0.15, 0.2) is 108 Å². The van der Waals surface area contributed by atoms with E-state index in [2.05, 4.69) is 5.32 Å². The first-order chi connectivity index (χ1) is 21.1. The number of amides is 2. The predicted molar refractivity (Wildman–Crippen MR) is 177 cm³/mol. The Balaban J connectivity index is 1.80. The van der Waals surface area contributed by atoms with Crippen molar-refractivity contribution in [2.45, 2.75) is 37.2 Å². The van der Waals surface area contributed by atoms with E-state index in [1.54, 1.807) is 42.5 Å². The molecule has 7 nitrogen and oxygen atoms in total. The molecule has 0 bridgehead atoms. The lowest BCUT2D eigenvalue weighted by atomic mass is 10.0. The molecule has 0 unspecified atom stereocenters. The van der Waals surface area contributed by atoms with Crippen molar-refractivity contribution in [3.05, 3.63) is 129 Å². The van der Waals surface area contributed by atoms with Gasteiger partial charge in [-0.1, -0.05) is 96.3 Å². The second-order valence-corrected chi connectivity index (χ2v) is 13.2. The Morgan fingerprint density at radius 2 is 1.50 bits per heavy atom. The highest BCUT2D eigenvalue weighted by Gasteiger charge is 2.35. The van der Waals surface area contributed by atoms with Gasteiger partial charge in [-0.15, -0.1) is 0 Å². The van der Waals surface area contributed by atoms with Crippen LogP contribution in [0.1, 0.15) is 24.5 Å². The first-order valence-corrected chi connectivity index (χ1v) is 16.6. The molecule has 0 aliphatic rings. The summed E-state index contributed by atoms with van der Waals surface area (Å²) < 4.78 is 29.1. The number of nitrogens with one attached hydrogen (secondary N) is 1. The summed E-state index contributed by atoms with van der Waals surface area (Å²) in [5.41, 5.74) is 1.63. The first kappa shape index (κ1) is 33.3. The van der Waals surface area contributed by atoms with Gasteiger partial charge in [0, 0.05) is 34.6 Å². The van der Waals surface area contributed by atoms with Gasteiger partial charge in [0.05, 0.1) is 10.6 Å². The molecular weight excluding hydrogens is 641 g/mol. The van der Waals surface area contributed by atoms with E-state index in [1.807, 2.05) is 37.3 Å². The zero-order valence-electron chi connectivity index (χ0n) is 24.0. The van der Waals surface area contributed by atoms with Crippen LogP contribution in [-0.4, -0.2) is 44.3 Å². The molecule has 0 spiro atoms. The fourth-order valence-corrected chi connectivity index (χ4v) is 6.54. The van der Waals surface area contributed by atoms with Crippen LogP contribution in [0.3, 0.4) is 0 Å². The molecule has 0 aromatic heterocycles. The number of halogens is 3. The second-order valence-electron chi connectivity index (χ2n) is 10.1. The van der Waals surface area contributed by atoms with Gasteiger partial charge in [0.15, 0.2) is 0 Å². The maximum absolute atomic E-state index is 14.4. The molecule has 4 rings (SSSR count). The Hall–Kier alpha value is -3.56. The number of carbonyl (C=O) groups excluding carboxylic acids is 2. The van der Waals surface area contributed by atoms with Crippen LogP contribution in [-0.2, 0) is 32.6 Å². The minimum atomic E-state index is -4.27. The zero-order chi connectivity index (χ0) is 31.7. The maximum Gasteiger partial charge on any atom is 0.264 e. The van der Waals surface area contributed by atoms with Gasteiger partial charge < -0.3 is 10.2 Å². The summed E-state index contributed by atoms with van der Waals surface area (Å²) in [4.78, 5) is 29.4. The van der Waals surface area contributed by atoms with Crippen LogP contribution >= 0.6 is 34.8 Å². The number of nitrogens with zero attached hydrogens (tertiary/aromatic N) is 2. The molecule has 1 N–H and O–H groups in total. The Kier molecular flexibility index (Phi) is 11.7. The van der Waals surface area contributed by atoms with Crippen LogP contribution in [0.2, 0.25) is 15.1 Å². The number of hydrogen-bond donors (Lipinski definition) is 1. The molecule has 0 saturated heterocycles. The third-order valence-corrected chi connectivity index (χ3v) is 9.54. The number of anilines is 1. The Labute approximate surface area is 273 Å². The number of sulfonamides is 1.